The summed E-state index contributed by atoms with van der Waals surface area (Å²) in [6.45, 7) is 3.37. The zero-order chi connectivity index (χ0) is 20.4. The molecule has 0 saturated carbocycles. The van der Waals surface area contributed by atoms with Gasteiger partial charge in [0.2, 0.25) is 0 Å². The van der Waals surface area contributed by atoms with Crippen molar-refractivity contribution in [3.8, 4) is 0 Å². The highest BCUT2D eigenvalue weighted by atomic mass is 15.4. The topological polar surface area (TPSA) is 27.1 Å². The largest absolute Gasteiger partial charge is 0.318 e. The second-order valence-electron chi connectivity index (χ2n) is 9.28. The van der Waals surface area contributed by atoms with E-state index in [2.05, 4.69) is 21.0 Å². The van der Waals surface area contributed by atoms with Gasteiger partial charge in [0, 0.05) is 14.1 Å². The van der Waals surface area contributed by atoms with E-state index in [0.29, 0.717) is 10.4 Å². The summed E-state index contributed by atoms with van der Waals surface area (Å²) in [7, 11) is 8.23. The van der Waals surface area contributed by atoms with Crippen molar-refractivity contribution >= 4 is 5.96 Å². The van der Waals surface area contributed by atoms with Gasteiger partial charge in [0.05, 0.1) is 20.6 Å². The van der Waals surface area contributed by atoms with Gasteiger partial charge in [-0.1, -0.05) is 103 Å². The Morgan fingerprint density at radius 1 is 0.593 bits per heavy atom. The smallest absolute Gasteiger partial charge is 0.296 e. The lowest BCUT2D eigenvalue weighted by molar-refractivity contribution is -0.806. The summed E-state index contributed by atoms with van der Waals surface area (Å²) in [6, 6.07) is 0. The first-order chi connectivity index (χ1) is 12.9. The predicted octanol–water partition coefficient (Wildman–Crippen LogP) is 7.21. The molecule has 0 aromatic heterocycles. The molecular formula is C24H52N3+. The minimum atomic E-state index is 0.700. The van der Waals surface area contributed by atoms with Crippen molar-refractivity contribution < 1.29 is 4.48 Å². The maximum atomic E-state index is 8.14. The molecule has 0 spiro atoms. The van der Waals surface area contributed by atoms with Gasteiger partial charge in [0.25, 0.3) is 5.96 Å². The second kappa shape index (κ2) is 17.5. The van der Waals surface area contributed by atoms with Crippen LogP contribution < -0.4 is 0 Å². The standard InChI is InChI=1S/C24H52N3/c1-6-7-8-9-10-11-12-13-14-15-16-17-18-19-20-21-22-23-27(4,5)24(25)26(2)3/h25H,6-23H2,1-5H3/q+1. The van der Waals surface area contributed by atoms with Crippen molar-refractivity contribution in [2.24, 2.45) is 0 Å². The van der Waals surface area contributed by atoms with E-state index in [-0.39, 0.29) is 0 Å². The third-order valence-electron chi connectivity index (χ3n) is 5.82. The Balaban J connectivity index is 3.26. The first-order valence-electron chi connectivity index (χ1n) is 12.0. The maximum absolute atomic E-state index is 8.14. The van der Waals surface area contributed by atoms with Crippen LogP contribution in [0.1, 0.15) is 116 Å². The monoisotopic (exact) mass is 382 g/mol. The number of quaternary nitrogens is 1. The van der Waals surface area contributed by atoms with Crippen LogP contribution in [0.15, 0.2) is 0 Å². The quantitative estimate of drug-likeness (QED) is 0.115. The fourth-order valence-corrected chi connectivity index (χ4v) is 3.88. The molecule has 0 aliphatic heterocycles. The Bertz CT molecular complexity index is 337. The molecule has 27 heavy (non-hydrogen) atoms. The van der Waals surface area contributed by atoms with Crippen molar-refractivity contribution in [1.29, 1.82) is 5.41 Å². The van der Waals surface area contributed by atoms with Crippen LogP contribution in [0.25, 0.3) is 0 Å². The molecule has 0 atom stereocenters. The first kappa shape index (κ1) is 26.4. The zero-order valence-electron chi connectivity index (χ0n) is 19.6. The number of unbranched alkanes of at least 4 members (excludes halogenated alkanes) is 16. The third-order valence-corrected chi connectivity index (χ3v) is 5.82. The van der Waals surface area contributed by atoms with E-state index in [1.165, 1.54) is 109 Å². The normalized spacial score (nSPS) is 11.7. The molecule has 0 radical (unpaired) electrons. The van der Waals surface area contributed by atoms with Gasteiger partial charge in [0.1, 0.15) is 0 Å². The van der Waals surface area contributed by atoms with Gasteiger partial charge in [-0.3, -0.25) is 4.48 Å². The summed E-state index contributed by atoms with van der Waals surface area (Å²) in [5.74, 6) is 0.700. The third kappa shape index (κ3) is 16.1. The van der Waals surface area contributed by atoms with E-state index in [0.717, 1.165) is 6.54 Å². The fourth-order valence-electron chi connectivity index (χ4n) is 3.88. The van der Waals surface area contributed by atoms with Crippen molar-refractivity contribution in [2.75, 3.05) is 34.7 Å². The molecule has 0 fully saturated rings. The lowest BCUT2D eigenvalue weighted by Gasteiger charge is -2.32. The van der Waals surface area contributed by atoms with Gasteiger partial charge in [-0.2, -0.15) is 0 Å². The van der Waals surface area contributed by atoms with E-state index in [9.17, 15) is 0 Å². The molecular weight excluding hydrogens is 330 g/mol. The van der Waals surface area contributed by atoms with Crippen molar-refractivity contribution in [3.63, 3.8) is 0 Å². The number of hydrogen-bond donors (Lipinski definition) is 1. The lowest BCUT2D eigenvalue weighted by atomic mass is 10.0. The van der Waals surface area contributed by atoms with Crippen LogP contribution in [0.2, 0.25) is 0 Å². The minimum absolute atomic E-state index is 0.700. The molecule has 0 aliphatic carbocycles. The number of guanidine groups is 1. The van der Waals surface area contributed by atoms with Crippen LogP contribution in [0.4, 0.5) is 0 Å². The fraction of sp³-hybridized carbons (Fsp3) is 0.958. The Hall–Kier alpha value is -0.570. The van der Waals surface area contributed by atoms with Gasteiger partial charge in [-0.05, 0) is 12.8 Å². The summed E-state index contributed by atoms with van der Waals surface area (Å²) in [4.78, 5) is 1.92. The molecule has 0 amide bonds. The van der Waals surface area contributed by atoms with E-state index in [4.69, 9.17) is 5.41 Å². The van der Waals surface area contributed by atoms with Crippen LogP contribution in [-0.2, 0) is 0 Å². The molecule has 0 aromatic rings. The molecule has 0 rings (SSSR count). The SMILES string of the molecule is CCCCCCCCCCCCCCCCCCC[N+](C)(C)C(=N)N(C)C. The van der Waals surface area contributed by atoms with Crippen molar-refractivity contribution in [2.45, 2.75) is 116 Å². The van der Waals surface area contributed by atoms with E-state index in [1.54, 1.807) is 0 Å². The summed E-state index contributed by atoms with van der Waals surface area (Å²) in [5.41, 5.74) is 0. The molecule has 0 unspecified atom stereocenters. The van der Waals surface area contributed by atoms with Crippen molar-refractivity contribution in [3.05, 3.63) is 0 Å². The van der Waals surface area contributed by atoms with Crippen LogP contribution in [0.5, 0.6) is 0 Å². The molecule has 0 aromatic carbocycles. The average Bonchev–Trinajstić information content (AvgIpc) is 2.63. The Kier molecular flexibility index (Phi) is 17.2. The summed E-state index contributed by atoms with van der Waals surface area (Å²) >= 11 is 0. The highest BCUT2D eigenvalue weighted by Gasteiger charge is 2.23. The van der Waals surface area contributed by atoms with E-state index >= 15 is 0 Å². The Labute approximate surface area is 172 Å². The zero-order valence-corrected chi connectivity index (χ0v) is 19.6. The Morgan fingerprint density at radius 2 is 0.889 bits per heavy atom. The summed E-state index contributed by atoms with van der Waals surface area (Å²) < 4.78 is 0.700. The summed E-state index contributed by atoms with van der Waals surface area (Å²) in [6.07, 6.45) is 24.1. The summed E-state index contributed by atoms with van der Waals surface area (Å²) in [5, 5.41) is 8.14. The molecule has 0 bridgehead atoms. The van der Waals surface area contributed by atoms with Crippen LogP contribution >= 0.6 is 0 Å². The van der Waals surface area contributed by atoms with E-state index < -0.39 is 0 Å². The number of hydrogen-bond acceptors (Lipinski definition) is 1. The highest BCUT2D eigenvalue weighted by Crippen LogP contribution is 2.14. The highest BCUT2D eigenvalue weighted by molar-refractivity contribution is 5.68. The van der Waals surface area contributed by atoms with Gasteiger partial charge in [-0.15, -0.1) is 0 Å². The van der Waals surface area contributed by atoms with Gasteiger partial charge < -0.3 is 4.90 Å². The van der Waals surface area contributed by atoms with Gasteiger partial charge in [-0.25, -0.2) is 5.41 Å². The second-order valence-corrected chi connectivity index (χ2v) is 9.28. The predicted molar refractivity (Wildman–Crippen MR) is 123 cm³/mol. The maximum Gasteiger partial charge on any atom is 0.296 e. The first-order valence-corrected chi connectivity index (χ1v) is 12.0. The average molecular weight is 383 g/mol. The van der Waals surface area contributed by atoms with Crippen LogP contribution in [-0.4, -0.2) is 50.1 Å². The molecule has 3 nitrogen and oxygen atoms in total. The molecule has 0 aliphatic rings. The van der Waals surface area contributed by atoms with E-state index in [1.807, 2.05) is 19.0 Å². The van der Waals surface area contributed by atoms with Crippen molar-refractivity contribution in [1.82, 2.24) is 4.90 Å². The molecule has 3 heteroatoms. The molecule has 0 heterocycles. The van der Waals surface area contributed by atoms with Gasteiger partial charge >= 0.3 is 0 Å². The minimum Gasteiger partial charge on any atom is -0.318 e. The Morgan fingerprint density at radius 3 is 1.19 bits per heavy atom. The number of nitrogens with zero attached hydrogens (tertiary/aromatic N) is 2. The molecule has 1 N–H and O–H groups in total. The molecule has 0 saturated heterocycles. The van der Waals surface area contributed by atoms with Crippen LogP contribution in [0.3, 0.4) is 0 Å². The van der Waals surface area contributed by atoms with Gasteiger partial charge in [0.15, 0.2) is 0 Å². The number of nitrogens with one attached hydrogen (secondary N) is 1. The van der Waals surface area contributed by atoms with Crippen LogP contribution in [0, 0.1) is 5.41 Å². The lowest BCUT2D eigenvalue weighted by Crippen LogP contribution is -2.51. The molecule has 162 valence electrons. The number of rotatable bonds is 18.